The Morgan fingerprint density at radius 2 is 2.00 bits per heavy atom. The first-order valence-corrected chi connectivity index (χ1v) is 6.61. The predicted molar refractivity (Wildman–Crippen MR) is 80.4 cm³/mol. The summed E-state index contributed by atoms with van der Waals surface area (Å²) in [5.74, 6) is -0.204. The van der Waals surface area contributed by atoms with Crippen molar-refractivity contribution in [2.75, 3.05) is 0 Å². The van der Waals surface area contributed by atoms with Gasteiger partial charge in [-0.25, -0.2) is 5.43 Å². The van der Waals surface area contributed by atoms with E-state index in [1.165, 1.54) is 0 Å². The van der Waals surface area contributed by atoms with Crippen LogP contribution in [0.4, 0.5) is 0 Å². The summed E-state index contributed by atoms with van der Waals surface area (Å²) in [7, 11) is 0. The first-order valence-electron chi connectivity index (χ1n) is 5.81. The van der Waals surface area contributed by atoms with E-state index in [2.05, 4.69) is 26.5 Å². The van der Waals surface area contributed by atoms with Gasteiger partial charge in [-0.05, 0) is 36.2 Å². The second kappa shape index (κ2) is 6.29. The standard InChI is InChI=1S/C15H13BrN2O/c1-11-5-2-3-8-14(11)15(19)18-17-10-12-6-4-7-13(16)9-12/h2-10H,1H3,(H,18,19)/b17-10+. The molecule has 0 aromatic heterocycles. The molecule has 4 heteroatoms. The lowest BCUT2D eigenvalue weighted by molar-refractivity contribution is 0.0954. The van der Waals surface area contributed by atoms with Crippen molar-refractivity contribution in [2.24, 2.45) is 5.10 Å². The summed E-state index contributed by atoms with van der Waals surface area (Å²) in [6.45, 7) is 1.90. The van der Waals surface area contributed by atoms with Crippen molar-refractivity contribution in [1.29, 1.82) is 0 Å². The Hall–Kier alpha value is -1.94. The average molecular weight is 317 g/mol. The van der Waals surface area contributed by atoms with Gasteiger partial charge in [-0.2, -0.15) is 5.10 Å². The van der Waals surface area contributed by atoms with Crippen LogP contribution in [-0.2, 0) is 0 Å². The predicted octanol–water partition coefficient (Wildman–Crippen LogP) is 3.52. The minimum Gasteiger partial charge on any atom is -0.267 e. The molecule has 1 N–H and O–H groups in total. The maximum absolute atomic E-state index is 11.9. The van der Waals surface area contributed by atoms with Crippen molar-refractivity contribution in [1.82, 2.24) is 5.43 Å². The molecule has 0 aliphatic carbocycles. The maximum atomic E-state index is 11.9. The van der Waals surface area contributed by atoms with E-state index in [9.17, 15) is 4.79 Å². The molecule has 0 spiro atoms. The Labute approximate surface area is 120 Å². The van der Waals surface area contributed by atoms with Gasteiger partial charge in [0.25, 0.3) is 5.91 Å². The smallest absolute Gasteiger partial charge is 0.267 e. The summed E-state index contributed by atoms with van der Waals surface area (Å²) >= 11 is 3.38. The molecule has 0 heterocycles. The summed E-state index contributed by atoms with van der Waals surface area (Å²) in [6, 6.07) is 15.1. The lowest BCUT2D eigenvalue weighted by Crippen LogP contribution is -2.18. The van der Waals surface area contributed by atoms with Gasteiger partial charge in [-0.1, -0.05) is 46.3 Å². The Morgan fingerprint density at radius 3 is 2.74 bits per heavy atom. The van der Waals surface area contributed by atoms with Gasteiger partial charge in [0.2, 0.25) is 0 Å². The maximum Gasteiger partial charge on any atom is 0.271 e. The Morgan fingerprint density at radius 1 is 1.21 bits per heavy atom. The molecule has 0 saturated heterocycles. The number of aryl methyl sites for hydroxylation is 1. The fraction of sp³-hybridized carbons (Fsp3) is 0.0667. The van der Waals surface area contributed by atoms with E-state index in [1.54, 1.807) is 12.3 Å². The lowest BCUT2D eigenvalue weighted by atomic mass is 10.1. The van der Waals surface area contributed by atoms with E-state index in [1.807, 2.05) is 49.4 Å². The summed E-state index contributed by atoms with van der Waals surface area (Å²) in [5, 5.41) is 3.95. The van der Waals surface area contributed by atoms with Crippen LogP contribution >= 0.6 is 15.9 Å². The van der Waals surface area contributed by atoms with Crippen LogP contribution in [0, 0.1) is 6.92 Å². The number of carbonyl (C=O) groups is 1. The molecule has 0 aliphatic heterocycles. The molecule has 0 atom stereocenters. The third-order valence-electron chi connectivity index (χ3n) is 2.62. The first kappa shape index (κ1) is 13.5. The fourth-order valence-electron chi connectivity index (χ4n) is 1.64. The average Bonchev–Trinajstić information content (AvgIpc) is 2.39. The van der Waals surface area contributed by atoms with Gasteiger partial charge in [0.05, 0.1) is 6.21 Å². The molecule has 0 radical (unpaired) electrons. The van der Waals surface area contributed by atoms with Crippen molar-refractivity contribution >= 4 is 28.1 Å². The van der Waals surface area contributed by atoms with Crippen molar-refractivity contribution in [2.45, 2.75) is 6.92 Å². The summed E-state index contributed by atoms with van der Waals surface area (Å²) in [5.41, 5.74) is 5.00. The van der Waals surface area contributed by atoms with Crippen molar-refractivity contribution < 1.29 is 4.79 Å². The number of benzene rings is 2. The Balaban J connectivity index is 2.03. The highest BCUT2D eigenvalue weighted by atomic mass is 79.9. The summed E-state index contributed by atoms with van der Waals surface area (Å²) in [6.07, 6.45) is 1.61. The van der Waals surface area contributed by atoms with Gasteiger partial charge in [-0.3, -0.25) is 4.79 Å². The van der Waals surface area contributed by atoms with E-state index in [-0.39, 0.29) is 5.91 Å². The van der Waals surface area contributed by atoms with Gasteiger partial charge in [0.15, 0.2) is 0 Å². The van der Waals surface area contributed by atoms with Crippen LogP contribution in [0.5, 0.6) is 0 Å². The van der Waals surface area contributed by atoms with E-state index >= 15 is 0 Å². The number of carbonyl (C=O) groups excluding carboxylic acids is 1. The summed E-state index contributed by atoms with van der Waals surface area (Å²) < 4.78 is 0.974. The highest BCUT2D eigenvalue weighted by Crippen LogP contribution is 2.10. The SMILES string of the molecule is Cc1ccccc1C(=O)N/N=C/c1cccc(Br)c1. The number of hydrogen-bond acceptors (Lipinski definition) is 2. The topological polar surface area (TPSA) is 41.5 Å². The molecular weight excluding hydrogens is 304 g/mol. The lowest BCUT2D eigenvalue weighted by Gasteiger charge is -2.02. The highest BCUT2D eigenvalue weighted by Gasteiger charge is 2.05. The molecule has 96 valence electrons. The zero-order valence-corrected chi connectivity index (χ0v) is 12.0. The first-order chi connectivity index (χ1) is 9.16. The van der Waals surface area contributed by atoms with Crippen LogP contribution in [0.1, 0.15) is 21.5 Å². The second-order valence-electron chi connectivity index (χ2n) is 4.07. The molecule has 2 aromatic carbocycles. The molecule has 0 fully saturated rings. The largest absolute Gasteiger partial charge is 0.271 e. The molecular formula is C15H13BrN2O. The zero-order chi connectivity index (χ0) is 13.7. The van der Waals surface area contributed by atoms with Crippen LogP contribution in [0.25, 0.3) is 0 Å². The number of rotatable bonds is 3. The van der Waals surface area contributed by atoms with Crippen molar-refractivity contribution in [3.8, 4) is 0 Å². The van der Waals surface area contributed by atoms with Crippen molar-refractivity contribution in [3.63, 3.8) is 0 Å². The molecule has 0 saturated carbocycles. The number of nitrogens with zero attached hydrogens (tertiary/aromatic N) is 1. The quantitative estimate of drug-likeness (QED) is 0.683. The van der Waals surface area contributed by atoms with Gasteiger partial charge >= 0.3 is 0 Å². The minimum atomic E-state index is -0.204. The monoisotopic (exact) mass is 316 g/mol. The van der Waals surface area contributed by atoms with Crippen molar-refractivity contribution in [3.05, 3.63) is 69.7 Å². The fourth-order valence-corrected chi connectivity index (χ4v) is 2.06. The van der Waals surface area contributed by atoms with Gasteiger partial charge < -0.3 is 0 Å². The molecule has 0 aliphatic rings. The van der Waals surface area contributed by atoms with Crippen LogP contribution in [-0.4, -0.2) is 12.1 Å². The molecule has 0 unspecified atom stereocenters. The number of amides is 1. The van der Waals surface area contributed by atoms with Gasteiger partial charge in [0.1, 0.15) is 0 Å². The molecule has 19 heavy (non-hydrogen) atoms. The highest BCUT2D eigenvalue weighted by molar-refractivity contribution is 9.10. The minimum absolute atomic E-state index is 0.204. The number of halogens is 1. The molecule has 0 bridgehead atoms. The zero-order valence-electron chi connectivity index (χ0n) is 10.4. The molecule has 2 aromatic rings. The third-order valence-corrected chi connectivity index (χ3v) is 3.11. The van der Waals surface area contributed by atoms with Gasteiger partial charge in [-0.15, -0.1) is 0 Å². The number of hydrogen-bond donors (Lipinski definition) is 1. The van der Waals surface area contributed by atoms with Crippen LogP contribution < -0.4 is 5.43 Å². The molecule has 2 rings (SSSR count). The van der Waals surface area contributed by atoms with E-state index in [0.717, 1.165) is 15.6 Å². The summed E-state index contributed by atoms with van der Waals surface area (Å²) in [4.78, 5) is 11.9. The van der Waals surface area contributed by atoms with E-state index in [4.69, 9.17) is 0 Å². The van der Waals surface area contributed by atoms with Gasteiger partial charge in [0, 0.05) is 10.0 Å². The number of nitrogens with one attached hydrogen (secondary N) is 1. The Bertz CT molecular complexity index is 623. The normalized spacial score (nSPS) is 10.6. The second-order valence-corrected chi connectivity index (χ2v) is 4.98. The Kier molecular flexibility index (Phi) is 4.47. The van der Waals surface area contributed by atoms with E-state index in [0.29, 0.717) is 5.56 Å². The van der Waals surface area contributed by atoms with E-state index < -0.39 is 0 Å². The number of hydrazone groups is 1. The van der Waals surface area contributed by atoms with Crippen LogP contribution in [0.15, 0.2) is 58.1 Å². The molecule has 1 amide bonds. The van der Waals surface area contributed by atoms with Crippen LogP contribution in [0.2, 0.25) is 0 Å². The third kappa shape index (κ3) is 3.76. The van der Waals surface area contributed by atoms with Crippen LogP contribution in [0.3, 0.4) is 0 Å². The molecule has 3 nitrogen and oxygen atoms in total.